The Bertz CT molecular complexity index is 1310. The minimum absolute atomic E-state index is 0.0731. The molecule has 0 aliphatic heterocycles. The van der Waals surface area contributed by atoms with Crippen molar-refractivity contribution in [3.05, 3.63) is 46.1 Å². The molecule has 2 aromatic carbocycles. The second kappa shape index (κ2) is 9.21. The number of ether oxygens (including phenoxy) is 2. The van der Waals surface area contributed by atoms with E-state index in [1.165, 1.54) is 27.2 Å². The third-order valence-corrected chi connectivity index (χ3v) is 7.15. The Balaban J connectivity index is 1.92. The average Bonchev–Trinajstić information content (AvgIpc) is 3.06. The van der Waals surface area contributed by atoms with Crippen molar-refractivity contribution in [2.45, 2.75) is 26.4 Å². The molecule has 0 unspecified atom stereocenters. The number of rotatable bonds is 8. The summed E-state index contributed by atoms with van der Waals surface area (Å²) >= 11 is 1.09. The standard InChI is InChI=1S/C21H25N3O6S2/c1-6-23-16-9-7-14(11-19(16)31-21(23)26)22-20(25)13(2)24(32(5,27)28)15-8-10-17(29-3)18(12-15)30-4/h7-13H,6H2,1-5H3,(H,22,25)/t13-/m0/s1. The summed E-state index contributed by atoms with van der Waals surface area (Å²) < 4.78 is 39.0. The van der Waals surface area contributed by atoms with Crippen LogP contribution in [-0.2, 0) is 21.4 Å². The Kier molecular flexibility index (Phi) is 6.79. The van der Waals surface area contributed by atoms with Gasteiger partial charge < -0.3 is 14.8 Å². The predicted octanol–water partition coefficient (Wildman–Crippen LogP) is 2.89. The summed E-state index contributed by atoms with van der Waals surface area (Å²) in [5, 5.41) is 2.75. The molecule has 0 saturated heterocycles. The number of benzene rings is 2. The fourth-order valence-corrected chi connectivity index (χ4v) is 5.62. The van der Waals surface area contributed by atoms with Gasteiger partial charge >= 0.3 is 4.87 Å². The van der Waals surface area contributed by atoms with E-state index in [2.05, 4.69) is 5.32 Å². The third kappa shape index (κ3) is 4.58. The first kappa shape index (κ1) is 23.6. The number of aryl methyl sites for hydroxylation is 1. The Labute approximate surface area is 190 Å². The topological polar surface area (TPSA) is 107 Å². The van der Waals surface area contributed by atoms with E-state index >= 15 is 0 Å². The molecule has 0 aliphatic rings. The van der Waals surface area contributed by atoms with Crippen molar-refractivity contribution in [3.63, 3.8) is 0 Å². The molecule has 32 heavy (non-hydrogen) atoms. The van der Waals surface area contributed by atoms with Crippen LogP contribution in [0, 0.1) is 0 Å². The lowest BCUT2D eigenvalue weighted by atomic mass is 10.2. The van der Waals surface area contributed by atoms with Gasteiger partial charge in [0.05, 0.1) is 36.4 Å². The molecule has 11 heteroatoms. The smallest absolute Gasteiger partial charge is 0.308 e. The van der Waals surface area contributed by atoms with Crippen molar-refractivity contribution in [3.8, 4) is 11.5 Å². The van der Waals surface area contributed by atoms with Gasteiger partial charge in [0.1, 0.15) is 6.04 Å². The fraction of sp³-hybridized carbons (Fsp3) is 0.333. The number of fused-ring (bicyclic) bond motifs is 1. The van der Waals surface area contributed by atoms with Gasteiger partial charge in [-0.25, -0.2) is 8.42 Å². The Morgan fingerprint density at radius 3 is 2.44 bits per heavy atom. The molecule has 1 atom stereocenters. The van der Waals surface area contributed by atoms with Gasteiger partial charge in [0.25, 0.3) is 0 Å². The number of thiazole rings is 1. The summed E-state index contributed by atoms with van der Waals surface area (Å²) in [5.74, 6) is 0.256. The Hall–Kier alpha value is -3.05. The fourth-order valence-electron chi connectivity index (χ4n) is 3.46. The Morgan fingerprint density at radius 2 is 1.84 bits per heavy atom. The van der Waals surface area contributed by atoms with Crippen LogP contribution >= 0.6 is 11.3 Å². The number of methoxy groups -OCH3 is 2. The molecule has 0 fully saturated rings. The van der Waals surface area contributed by atoms with Crippen molar-refractivity contribution in [1.29, 1.82) is 0 Å². The van der Waals surface area contributed by atoms with E-state index in [0.717, 1.165) is 32.1 Å². The van der Waals surface area contributed by atoms with Crippen molar-refractivity contribution in [2.75, 3.05) is 30.1 Å². The molecule has 1 aromatic heterocycles. The van der Waals surface area contributed by atoms with E-state index in [1.54, 1.807) is 34.9 Å². The zero-order valence-electron chi connectivity index (χ0n) is 18.4. The number of amides is 1. The summed E-state index contributed by atoms with van der Waals surface area (Å²) in [7, 11) is -0.886. The quantitative estimate of drug-likeness (QED) is 0.532. The van der Waals surface area contributed by atoms with Crippen LogP contribution in [0.5, 0.6) is 11.5 Å². The number of aromatic nitrogens is 1. The summed E-state index contributed by atoms with van der Waals surface area (Å²) in [6, 6.07) is 8.72. The molecule has 1 heterocycles. The van der Waals surface area contributed by atoms with Crippen molar-refractivity contribution in [1.82, 2.24) is 4.57 Å². The van der Waals surface area contributed by atoms with Gasteiger partial charge in [-0.05, 0) is 44.2 Å². The number of carbonyl (C=O) groups excluding carboxylic acids is 1. The SMILES string of the molecule is CCn1c(=O)sc2cc(NC(=O)[C@H](C)N(c3ccc(OC)c(OC)c3)S(C)(=O)=O)ccc21. The number of anilines is 2. The van der Waals surface area contributed by atoms with Crippen LogP contribution in [0.4, 0.5) is 11.4 Å². The molecule has 1 N–H and O–H groups in total. The molecule has 0 radical (unpaired) electrons. The lowest BCUT2D eigenvalue weighted by Gasteiger charge is -2.28. The zero-order valence-corrected chi connectivity index (χ0v) is 20.0. The van der Waals surface area contributed by atoms with Crippen LogP contribution in [0.2, 0.25) is 0 Å². The van der Waals surface area contributed by atoms with Gasteiger partial charge in [-0.2, -0.15) is 0 Å². The van der Waals surface area contributed by atoms with E-state index in [-0.39, 0.29) is 10.6 Å². The first-order valence-electron chi connectivity index (χ1n) is 9.76. The lowest BCUT2D eigenvalue weighted by Crippen LogP contribution is -2.45. The summed E-state index contributed by atoms with van der Waals surface area (Å²) in [5.41, 5.74) is 1.53. The molecular weight excluding hydrogens is 454 g/mol. The second-order valence-electron chi connectivity index (χ2n) is 7.06. The number of hydrogen-bond donors (Lipinski definition) is 1. The van der Waals surface area contributed by atoms with Crippen LogP contribution in [0.1, 0.15) is 13.8 Å². The molecule has 0 spiro atoms. The minimum atomic E-state index is -3.81. The lowest BCUT2D eigenvalue weighted by molar-refractivity contribution is -0.116. The highest BCUT2D eigenvalue weighted by Crippen LogP contribution is 2.33. The van der Waals surface area contributed by atoms with Gasteiger partial charge in [-0.1, -0.05) is 11.3 Å². The van der Waals surface area contributed by atoms with Crippen LogP contribution in [0.3, 0.4) is 0 Å². The van der Waals surface area contributed by atoms with Gasteiger partial charge in [-0.3, -0.25) is 18.5 Å². The van der Waals surface area contributed by atoms with E-state index < -0.39 is 22.0 Å². The van der Waals surface area contributed by atoms with E-state index in [0.29, 0.717) is 23.7 Å². The molecule has 0 aliphatic carbocycles. The molecule has 3 rings (SSSR count). The normalized spacial score (nSPS) is 12.4. The van der Waals surface area contributed by atoms with Crippen LogP contribution < -0.4 is 24.0 Å². The molecule has 0 saturated carbocycles. The molecule has 172 valence electrons. The number of nitrogens with zero attached hydrogens (tertiary/aromatic N) is 2. The van der Waals surface area contributed by atoms with Gasteiger partial charge in [-0.15, -0.1) is 0 Å². The molecule has 3 aromatic rings. The van der Waals surface area contributed by atoms with Crippen LogP contribution in [0.25, 0.3) is 10.2 Å². The molecular formula is C21H25N3O6S2. The van der Waals surface area contributed by atoms with Crippen molar-refractivity contribution >= 4 is 48.9 Å². The predicted molar refractivity (Wildman–Crippen MR) is 127 cm³/mol. The highest BCUT2D eigenvalue weighted by molar-refractivity contribution is 7.92. The maximum Gasteiger partial charge on any atom is 0.308 e. The van der Waals surface area contributed by atoms with Crippen molar-refractivity contribution < 1.29 is 22.7 Å². The number of carbonyl (C=O) groups is 1. The second-order valence-corrected chi connectivity index (χ2v) is 9.91. The summed E-state index contributed by atoms with van der Waals surface area (Å²) in [6.07, 6.45) is 1.03. The summed E-state index contributed by atoms with van der Waals surface area (Å²) in [4.78, 5) is 25.0. The minimum Gasteiger partial charge on any atom is -0.493 e. The van der Waals surface area contributed by atoms with Gasteiger partial charge in [0.15, 0.2) is 11.5 Å². The third-order valence-electron chi connectivity index (χ3n) is 4.96. The maximum atomic E-state index is 13.0. The van der Waals surface area contributed by atoms with E-state index in [4.69, 9.17) is 9.47 Å². The highest BCUT2D eigenvalue weighted by atomic mass is 32.2. The number of nitrogens with one attached hydrogen (secondary N) is 1. The summed E-state index contributed by atoms with van der Waals surface area (Å²) in [6.45, 7) is 3.94. The number of sulfonamides is 1. The molecule has 0 bridgehead atoms. The van der Waals surface area contributed by atoms with Crippen LogP contribution in [0.15, 0.2) is 41.2 Å². The van der Waals surface area contributed by atoms with Gasteiger partial charge in [0, 0.05) is 18.3 Å². The van der Waals surface area contributed by atoms with Crippen LogP contribution in [-0.4, -0.2) is 45.4 Å². The van der Waals surface area contributed by atoms with Gasteiger partial charge in [0.2, 0.25) is 15.9 Å². The van der Waals surface area contributed by atoms with E-state index in [1.807, 2.05) is 6.92 Å². The highest BCUT2D eigenvalue weighted by Gasteiger charge is 2.30. The van der Waals surface area contributed by atoms with Crippen molar-refractivity contribution in [2.24, 2.45) is 0 Å². The maximum absolute atomic E-state index is 13.0. The van der Waals surface area contributed by atoms with E-state index in [9.17, 15) is 18.0 Å². The average molecular weight is 480 g/mol. The monoisotopic (exact) mass is 479 g/mol. The largest absolute Gasteiger partial charge is 0.493 e. The molecule has 9 nitrogen and oxygen atoms in total. The zero-order chi connectivity index (χ0) is 23.6. The number of hydrogen-bond acceptors (Lipinski definition) is 7. The molecule has 1 amide bonds. The first-order valence-corrected chi connectivity index (χ1v) is 12.4. The Morgan fingerprint density at radius 1 is 1.16 bits per heavy atom. The first-order chi connectivity index (χ1) is 15.1.